The summed E-state index contributed by atoms with van der Waals surface area (Å²) in [7, 11) is 3.05. The van der Waals surface area contributed by atoms with Crippen molar-refractivity contribution >= 4 is 35.0 Å². The molecule has 1 aliphatic rings. The molecular formula is C15H14ClN3O4S. The lowest BCUT2D eigenvalue weighted by Crippen LogP contribution is -2.24. The van der Waals surface area contributed by atoms with Crippen LogP contribution < -0.4 is 9.47 Å². The summed E-state index contributed by atoms with van der Waals surface area (Å²) in [4.78, 5) is 24.0. The van der Waals surface area contributed by atoms with Gasteiger partial charge in [-0.2, -0.15) is 5.06 Å². The topological polar surface area (TPSA) is 76.7 Å². The molecule has 0 radical (unpaired) electrons. The Bertz CT molecular complexity index is 779. The summed E-state index contributed by atoms with van der Waals surface area (Å²) in [5, 5.41) is 3.77. The first-order valence-corrected chi connectivity index (χ1v) is 8.29. The normalized spacial score (nSPS) is 13.6. The zero-order valence-corrected chi connectivity index (χ0v) is 14.5. The van der Waals surface area contributed by atoms with Crippen LogP contribution in [0, 0.1) is 0 Å². The van der Waals surface area contributed by atoms with Crippen LogP contribution in [-0.4, -0.2) is 41.1 Å². The Labute approximate surface area is 147 Å². The molecule has 0 saturated carbocycles. The number of carbonyl (C=O) groups is 1. The molecule has 0 saturated heterocycles. The van der Waals surface area contributed by atoms with Crippen LogP contribution >= 0.6 is 23.4 Å². The average molecular weight is 368 g/mol. The highest BCUT2D eigenvalue weighted by Gasteiger charge is 2.25. The molecule has 0 unspecified atom stereocenters. The van der Waals surface area contributed by atoms with Crippen LogP contribution in [0.3, 0.4) is 0 Å². The molecule has 3 rings (SSSR count). The number of hydrogen-bond donors (Lipinski definition) is 1. The molecule has 0 aliphatic carbocycles. The number of H-pyrrole nitrogens is 1. The van der Waals surface area contributed by atoms with Crippen molar-refractivity contribution in [2.24, 2.45) is 0 Å². The maximum Gasteiger partial charge on any atom is 0.398 e. The van der Waals surface area contributed by atoms with E-state index in [9.17, 15) is 4.79 Å². The highest BCUT2D eigenvalue weighted by atomic mass is 35.5. The molecule has 1 aromatic heterocycles. The summed E-state index contributed by atoms with van der Waals surface area (Å²) in [6, 6.07) is 3.50. The number of hydrogen-bond acceptors (Lipinski definition) is 7. The van der Waals surface area contributed by atoms with Crippen molar-refractivity contribution in [2.45, 2.75) is 0 Å². The molecule has 7 nitrogen and oxygen atoms in total. The van der Waals surface area contributed by atoms with Gasteiger partial charge in [0.25, 0.3) is 0 Å². The van der Waals surface area contributed by atoms with E-state index < -0.39 is 5.97 Å². The van der Waals surface area contributed by atoms with Crippen molar-refractivity contribution in [3.8, 4) is 11.5 Å². The molecule has 0 fully saturated rings. The van der Waals surface area contributed by atoms with Gasteiger partial charge in [-0.1, -0.05) is 11.6 Å². The molecule has 0 amide bonds. The fourth-order valence-corrected chi connectivity index (χ4v) is 3.29. The van der Waals surface area contributed by atoms with E-state index in [1.165, 1.54) is 37.2 Å². The van der Waals surface area contributed by atoms with E-state index in [1.807, 2.05) is 5.41 Å². The molecule has 0 atom stereocenters. The molecule has 2 aromatic rings. The average Bonchev–Trinajstić information content (AvgIpc) is 3.25. The number of halogens is 1. The summed E-state index contributed by atoms with van der Waals surface area (Å²) in [5.41, 5.74) is 1.44. The summed E-state index contributed by atoms with van der Waals surface area (Å²) < 4.78 is 10.5. The van der Waals surface area contributed by atoms with Gasteiger partial charge in [0.15, 0.2) is 11.5 Å². The summed E-state index contributed by atoms with van der Waals surface area (Å²) in [6.45, 7) is 0. The first-order valence-electron chi connectivity index (χ1n) is 6.87. The second-order valence-electron chi connectivity index (χ2n) is 4.69. The first kappa shape index (κ1) is 16.5. The predicted molar refractivity (Wildman–Crippen MR) is 90.8 cm³/mol. The van der Waals surface area contributed by atoms with Crippen LogP contribution in [0.4, 0.5) is 0 Å². The van der Waals surface area contributed by atoms with Crippen LogP contribution in [-0.2, 0) is 4.84 Å². The summed E-state index contributed by atoms with van der Waals surface area (Å²) in [5.74, 6) is 0.980. The second-order valence-corrected chi connectivity index (χ2v) is 5.92. The van der Waals surface area contributed by atoms with Crippen LogP contribution in [0.5, 0.6) is 11.5 Å². The minimum Gasteiger partial charge on any atom is -0.493 e. The van der Waals surface area contributed by atoms with Crippen molar-refractivity contribution in [2.75, 3.05) is 20.1 Å². The van der Waals surface area contributed by atoms with Crippen molar-refractivity contribution < 1.29 is 19.1 Å². The molecule has 24 heavy (non-hydrogen) atoms. The quantitative estimate of drug-likeness (QED) is 0.869. The fraction of sp³-hybridized carbons (Fsp3) is 0.200. The molecule has 0 bridgehead atoms. The Morgan fingerprint density at radius 3 is 2.88 bits per heavy atom. The van der Waals surface area contributed by atoms with E-state index in [1.54, 1.807) is 18.3 Å². The van der Waals surface area contributed by atoms with E-state index >= 15 is 0 Å². The largest absolute Gasteiger partial charge is 0.493 e. The Balaban J connectivity index is 1.85. The number of nitrogens with one attached hydrogen (secondary N) is 1. The minimum atomic E-state index is -0.569. The minimum absolute atomic E-state index is 0.136. The van der Waals surface area contributed by atoms with E-state index in [0.29, 0.717) is 28.1 Å². The number of carbonyl (C=O) groups excluding carboxylic acids is 1. The van der Waals surface area contributed by atoms with Gasteiger partial charge in [0.1, 0.15) is 5.88 Å². The molecule has 126 valence electrons. The Kier molecular flexibility index (Phi) is 4.86. The first-order chi connectivity index (χ1) is 11.6. The number of aromatic nitrogens is 2. The van der Waals surface area contributed by atoms with Gasteiger partial charge < -0.3 is 19.3 Å². The third kappa shape index (κ3) is 3.15. The molecule has 1 N–H and O–H groups in total. The van der Waals surface area contributed by atoms with Gasteiger partial charge in [0.05, 0.1) is 24.9 Å². The number of thioether (sulfide) groups is 1. The highest BCUT2D eigenvalue weighted by molar-refractivity contribution is 8.02. The molecule has 2 heterocycles. The van der Waals surface area contributed by atoms with E-state index in [-0.39, 0.29) is 5.82 Å². The molecule has 0 spiro atoms. The van der Waals surface area contributed by atoms with Gasteiger partial charge >= 0.3 is 5.97 Å². The SMILES string of the molecule is COc1cc(C2=CSCN2OC(=O)c2ncc[nH]2)cc(Cl)c1OC. The van der Waals surface area contributed by atoms with Gasteiger partial charge in [0.2, 0.25) is 5.82 Å². The number of rotatable bonds is 5. The van der Waals surface area contributed by atoms with Crippen LogP contribution in [0.25, 0.3) is 5.70 Å². The number of methoxy groups -OCH3 is 2. The van der Waals surface area contributed by atoms with Crippen molar-refractivity contribution in [3.05, 3.63) is 46.3 Å². The molecule has 9 heteroatoms. The lowest BCUT2D eigenvalue weighted by Gasteiger charge is -2.20. The van der Waals surface area contributed by atoms with E-state index in [2.05, 4.69) is 9.97 Å². The molecular weight excluding hydrogens is 354 g/mol. The number of aromatic amines is 1. The smallest absolute Gasteiger partial charge is 0.398 e. The monoisotopic (exact) mass is 367 g/mol. The molecule has 1 aliphatic heterocycles. The zero-order chi connectivity index (χ0) is 17.1. The van der Waals surface area contributed by atoms with Gasteiger partial charge in [-0.05, 0) is 12.1 Å². The number of ether oxygens (including phenoxy) is 2. The van der Waals surface area contributed by atoms with Gasteiger partial charge in [-0.25, -0.2) is 9.78 Å². The standard InChI is InChI=1S/C15H14ClN3O4S/c1-21-12-6-9(5-10(16)13(12)22-2)11-7-24-8-19(11)23-15(20)14-17-3-4-18-14/h3-7H,8H2,1-2H3,(H,17,18). The fourth-order valence-electron chi connectivity index (χ4n) is 2.19. The van der Waals surface area contributed by atoms with E-state index in [4.69, 9.17) is 25.9 Å². The summed E-state index contributed by atoms with van der Waals surface area (Å²) >= 11 is 7.74. The Hall–Kier alpha value is -2.32. The summed E-state index contributed by atoms with van der Waals surface area (Å²) in [6.07, 6.45) is 3.04. The Morgan fingerprint density at radius 1 is 1.38 bits per heavy atom. The third-order valence-electron chi connectivity index (χ3n) is 3.27. The lowest BCUT2D eigenvalue weighted by molar-refractivity contribution is -0.0510. The van der Waals surface area contributed by atoms with E-state index in [0.717, 1.165) is 5.56 Å². The van der Waals surface area contributed by atoms with Gasteiger partial charge in [-0.15, -0.1) is 11.8 Å². The third-order valence-corrected chi connectivity index (χ3v) is 4.32. The second kappa shape index (κ2) is 7.06. The number of hydroxylamine groups is 2. The van der Waals surface area contributed by atoms with Crippen molar-refractivity contribution in [3.63, 3.8) is 0 Å². The highest BCUT2D eigenvalue weighted by Crippen LogP contribution is 2.40. The Morgan fingerprint density at radius 2 is 2.21 bits per heavy atom. The zero-order valence-electron chi connectivity index (χ0n) is 12.9. The maximum atomic E-state index is 12.1. The maximum absolute atomic E-state index is 12.1. The van der Waals surface area contributed by atoms with Crippen molar-refractivity contribution in [1.82, 2.24) is 15.0 Å². The van der Waals surface area contributed by atoms with Crippen molar-refractivity contribution in [1.29, 1.82) is 0 Å². The number of imidazole rings is 1. The number of nitrogens with zero attached hydrogens (tertiary/aromatic N) is 2. The van der Waals surface area contributed by atoms with Gasteiger partial charge in [-0.3, -0.25) is 0 Å². The van der Waals surface area contributed by atoms with Crippen LogP contribution in [0.1, 0.15) is 16.2 Å². The van der Waals surface area contributed by atoms with Crippen LogP contribution in [0.2, 0.25) is 5.02 Å². The molecule has 1 aromatic carbocycles. The lowest BCUT2D eigenvalue weighted by atomic mass is 10.1. The number of benzene rings is 1. The predicted octanol–water partition coefficient (Wildman–Crippen LogP) is 3.16. The van der Waals surface area contributed by atoms with Crippen LogP contribution in [0.15, 0.2) is 29.9 Å². The van der Waals surface area contributed by atoms with Gasteiger partial charge in [0, 0.05) is 23.4 Å².